The van der Waals surface area contributed by atoms with E-state index in [1.54, 1.807) is 24.3 Å². The van der Waals surface area contributed by atoms with Crippen molar-refractivity contribution in [3.63, 3.8) is 0 Å². The Bertz CT molecular complexity index is 467. The molecule has 4 nitrogen and oxygen atoms in total. The first-order valence-electron chi connectivity index (χ1n) is 5.88. The van der Waals surface area contributed by atoms with Crippen LogP contribution >= 0.6 is 0 Å². The second-order valence-electron chi connectivity index (χ2n) is 4.25. The summed E-state index contributed by atoms with van der Waals surface area (Å²) in [6.45, 7) is 0.667. The minimum Gasteiger partial charge on any atom is -0.611 e. The average Bonchev–Trinajstić information content (AvgIpc) is 2.63. The van der Waals surface area contributed by atoms with Crippen molar-refractivity contribution in [2.24, 2.45) is 0 Å². The quantitative estimate of drug-likeness (QED) is 0.817. The minimum atomic E-state index is -1.18. The normalized spacial score (nSPS) is 21.6. The zero-order valence-electron chi connectivity index (χ0n) is 9.89. The lowest BCUT2D eigenvalue weighted by atomic mass is 10.2. The summed E-state index contributed by atoms with van der Waals surface area (Å²) in [7, 11) is 0. The van der Waals surface area contributed by atoms with Gasteiger partial charge >= 0.3 is 0 Å². The van der Waals surface area contributed by atoms with Gasteiger partial charge in [0.2, 0.25) is 5.91 Å². The van der Waals surface area contributed by atoms with Crippen molar-refractivity contribution in [3.8, 4) is 6.07 Å². The molecule has 1 aromatic rings. The first kappa shape index (κ1) is 12.9. The molecule has 0 aliphatic carbocycles. The third-order valence-corrected chi connectivity index (χ3v) is 4.70. The molecule has 0 bridgehead atoms. The largest absolute Gasteiger partial charge is 0.611 e. The lowest BCUT2D eigenvalue weighted by molar-refractivity contribution is -0.120. The van der Waals surface area contributed by atoms with Crippen LogP contribution in [0.5, 0.6) is 0 Å². The zero-order valence-corrected chi connectivity index (χ0v) is 10.7. The third kappa shape index (κ3) is 3.03. The van der Waals surface area contributed by atoms with Gasteiger partial charge in [-0.2, -0.15) is 5.26 Å². The number of carbonyl (C=O) groups is 1. The molecule has 94 valence electrons. The van der Waals surface area contributed by atoms with Crippen LogP contribution in [-0.2, 0) is 16.0 Å². The highest BCUT2D eigenvalue weighted by molar-refractivity contribution is 7.92. The summed E-state index contributed by atoms with van der Waals surface area (Å²) in [6, 6.07) is 8.75. The van der Waals surface area contributed by atoms with E-state index in [-0.39, 0.29) is 11.2 Å². The molecule has 0 saturated carbocycles. The number of rotatable bonds is 2. The van der Waals surface area contributed by atoms with Gasteiger partial charge in [-0.1, -0.05) is 0 Å². The Morgan fingerprint density at radius 2 is 2.11 bits per heavy atom. The third-order valence-electron chi connectivity index (χ3n) is 2.96. The van der Waals surface area contributed by atoms with E-state index < -0.39 is 11.2 Å². The van der Waals surface area contributed by atoms with Crippen molar-refractivity contribution in [3.05, 3.63) is 29.8 Å². The zero-order chi connectivity index (χ0) is 13.0. The van der Waals surface area contributed by atoms with E-state index in [1.807, 2.05) is 6.07 Å². The number of nitrogens with one attached hydrogen (secondary N) is 1. The van der Waals surface area contributed by atoms with Crippen LogP contribution in [0.25, 0.3) is 0 Å². The monoisotopic (exact) mass is 262 g/mol. The lowest BCUT2D eigenvalue weighted by Crippen LogP contribution is -2.27. The molecule has 1 amide bonds. The number of nitriles is 1. The fourth-order valence-electron chi connectivity index (χ4n) is 1.98. The van der Waals surface area contributed by atoms with Gasteiger partial charge in [-0.15, -0.1) is 0 Å². The van der Waals surface area contributed by atoms with E-state index in [2.05, 4.69) is 5.32 Å². The van der Waals surface area contributed by atoms with Gasteiger partial charge in [0.25, 0.3) is 0 Å². The molecule has 2 atom stereocenters. The predicted molar refractivity (Wildman–Crippen MR) is 68.2 cm³/mol. The number of benzene rings is 1. The van der Waals surface area contributed by atoms with Crippen LogP contribution in [0.2, 0.25) is 0 Å². The van der Waals surface area contributed by atoms with Gasteiger partial charge in [0.15, 0.2) is 4.90 Å². The molecular weight excluding hydrogens is 248 g/mol. The van der Waals surface area contributed by atoms with E-state index in [4.69, 9.17) is 5.26 Å². The first-order valence-corrected chi connectivity index (χ1v) is 7.09. The van der Waals surface area contributed by atoms with Crippen molar-refractivity contribution in [2.75, 3.05) is 6.54 Å². The van der Waals surface area contributed by atoms with Crippen molar-refractivity contribution in [2.45, 2.75) is 29.4 Å². The Labute approximate surface area is 109 Å². The molecule has 18 heavy (non-hydrogen) atoms. The molecule has 2 unspecified atom stereocenters. The highest BCUT2D eigenvalue weighted by Gasteiger charge is 2.29. The van der Waals surface area contributed by atoms with Crippen LogP contribution in [-0.4, -0.2) is 22.3 Å². The molecule has 1 saturated heterocycles. The van der Waals surface area contributed by atoms with Crippen molar-refractivity contribution < 1.29 is 9.35 Å². The topological polar surface area (TPSA) is 75.9 Å². The molecule has 0 aromatic heterocycles. The number of hydrogen-bond acceptors (Lipinski definition) is 3. The molecule has 0 radical (unpaired) electrons. The molecule has 5 heteroatoms. The standard InChI is InChI=1S/C13H14N2O2S/c14-9-10-3-5-11(6-4-10)18(17)12-2-1-7-15-13(16)8-12/h3-6,12H,1-2,7-8H2,(H,15,16). The molecule has 1 heterocycles. The smallest absolute Gasteiger partial charge is 0.225 e. The number of amides is 1. The predicted octanol–water partition coefficient (Wildman–Crippen LogP) is 1.33. The highest BCUT2D eigenvalue weighted by Crippen LogP contribution is 2.23. The van der Waals surface area contributed by atoms with Gasteiger partial charge in [-0.3, -0.25) is 4.79 Å². The Morgan fingerprint density at radius 1 is 1.39 bits per heavy atom. The molecule has 1 aliphatic rings. The van der Waals surface area contributed by atoms with E-state index in [0.29, 0.717) is 23.4 Å². The first-order chi connectivity index (χ1) is 8.70. The Kier molecular flexibility index (Phi) is 4.24. The Balaban J connectivity index is 2.11. The Morgan fingerprint density at radius 3 is 2.78 bits per heavy atom. The van der Waals surface area contributed by atoms with E-state index in [0.717, 1.165) is 12.8 Å². The van der Waals surface area contributed by atoms with Gasteiger partial charge in [0.1, 0.15) is 5.25 Å². The van der Waals surface area contributed by atoms with Crippen molar-refractivity contribution in [1.29, 1.82) is 5.26 Å². The maximum atomic E-state index is 12.3. The van der Waals surface area contributed by atoms with E-state index in [9.17, 15) is 9.35 Å². The van der Waals surface area contributed by atoms with Crippen LogP contribution in [0.3, 0.4) is 0 Å². The fourth-order valence-corrected chi connectivity index (χ4v) is 3.45. The molecule has 0 spiro atoms. The molecule has 1 aliphatic heterocycles. The molecule has 1 N–H and O–H groups in total. The number of carbonyl (C=O) groups excluding carboxylic acids is 1. The average molecular weight is 262 g/mol. The number of nitrogens with zero attached hydrogens (tertiary/aromatic N) is 1. The summed E-state index contributed by atoms with van der Waals surface area (Å²) in [4.78, 5) is 12.1. The van der Waals surface area contributed by atoms with Crippen molar-refractivity contribution >= 4 is 17.1 Å². The van der Waals surface area contributed by atoms with Crippen LogP contribution in [0.4, 0.5) is 0 Å². The van der Waals surface area contributed by atoms with Gasteiger partial charge in [0, 0.05) is 6.54 Å². The van der Waals surface area contributed by atoms with E-state index in [1.165, 1.54) is 0 Å². The van der Waals surface area contributed by atoms with Gasteiger partial charge in [0.05, 0.1) is 18.1 Å². The molecular formula is C13H14N2O2S. The summed E-state index contributed by atoms with van der Waals surface area (Å²) in [5.41, 5.74) is 0.550. The van der Waals surface area contributed by atoms with Gasteiger partial charge in [-0.25, -0.2) is 0 Å². The van der Waals surface area contributed by atoms with Crippen LogP contribution in [0.15, 0.2) is 29.2 Å². The summed E-state index contributed by atoms with van der Waals surface area (Å²) >= 11 is -1.18. The molecule has 1 aromatic carbocycles. The second-order valence-corrected chi connectivity index (χ2v) is 5.98. The van der Waals surface area contributed by atoms with Gasteiger partial charge < -0.3 is 9.87 Å². The molecule has 1 fully saturated rings. The fraction of sp³-hybridized carbons (Fsp3) is 0.385. The Hall–Kier alpha value is -1.51. The lowest BCUT2D eigenvalue weighted by Gasteiger charge is -2.18. The minimum absolute atomic E-state index is 0.0282. The van der Waals surface area contributed by atoms with Crippen LogP contribution < -0.4 is 5.32 Å². The SMILES string of the molecule is N#Cc1ccc([S+]([O-])C2CCCNC(=O)C2)cc1. The second kappa shape index (κ2) is 5.89. The number of hydrogen-bond donors (Lipinski definition) is 1. The van der Waals surface area contributed by atoms with E-state index >= 15 is 0 Å². The van der Waals surface area contributed by atoms with Crippen LogP contribution in [0, 0.1) is 11.3 Å². The molecule has 2 rings (SSSR count). The highest BCUT2D eigenvalue weighted by atomic mass is 32.2. The maximum absolute atomic E-state index is 12.3. The summed E-state index contributed by atoms with van der Waals surface area (Å²) in [6.07, 6.45) is 1.95. The summed E-state index contributed by atoms with van der Waals surface area (Å²) in [5.74, 6) is -0.0282. The summed E-state index contributed by atoms with van der Waals surface area (Å²) < 4.78 is 12.3. The van der Waals surface area contributed by atoms with Gasteiger partial charge in [-0.05, 0) is 48.3 Å². The van der Waals surface area contributed by atoms with Crippen molar-refractivity contribution in [1.82, 2.24) is 5.32 Å². The summed E-state index contributed by atoms with van der Waals surface area (Å²) in [5, 5.41) is 11.4. The van der Waals surface area contributed by atoms with Crippen LogP contribution in [0.1, 0.15) is 24.8 Å². The maximum Gasteiger partial charge on any atom is 0.225 e.